The summed E-state index contributed by atoms with van der Waals surface area (Å²) in [6.45, 7) is 8.64. The molecule has 0 amide bonds. The summed E-state index contributed by atoms with van der Waals surface area (Å²) in [4.78, 5) is 7.30. The summed E-state index contributed by atoms with van der Waals surface area (Å²) < 4.78 is 2.13. The fraction of sp³-hybridized carbons (Fsp3) is 0.533. The number of imidazole rings is 1. The third kappa shape index (κ3) is 2.51. The van der Waals surface area contributed by atoms with Gasteiger partial charge in [-0.2, -0.15) is 0 Å². The second kappa shape index (κ2) is 5.31. The molecule has 1 N–H and O–H groups in total. The van der Waals surface area contributed by atoms with Gasteiger partial charge in [0.1, 0.15) is 5.65 Å². The molecule has 102 valence electrons. The van der Waals surface area contributed by atoms with Crippen LogP contribution in [0.5, 0.6) is 0 Å². The van der Waals surface area contributed by atoms with Crippen molar-refractivity contribution in [1.82, 2.24) is 19.6 Å². The lowest BCUT2D eigenvalue weighted by atomic mass is 10.2. The van der Waals surface area contributed by atoms with Crippen LogP contribution in [0.15, 0.2) is 24.5 Å². The van der Waals surface area contributed by atoms with E-state index in [1.807, 2.05) is 0 Å². The van der Waals surface area contributed by atoms with Gasteiger partial charge in [-0.05, 0) is 38.1 Å². The van der Waals surface area contributed by atoms with Gasteiger partial charge in [-0.15, -0.1) is 0 Å². The van der Waals surface area contributed by atoms with E-state index in [1.165, 1.54) is 17.7 Å². The van der Waals surface area contributed by atoms with Gasteiger partial charge < -0.3 is 9.72 Å². The van der Waals surface area contributed by atoms with Crippen LogP contribution in [-0.4, -0.2) is 40.0 Å². The van der Waals surface area contributed by atoms with Crippen LogP contribution in [-0.2, 0) is 6.54 Å². The van der Waals surface area contributed by atoms with E-state index < -0.39 is 0 Å². The van der Waals surface area contributed by atoms with E-state index in [4.69, 9.17) is 4.98 Å². The average Bonchev–Trinajstić information content (AvgIpc) is 3.05. The minimum absolute atomic E-state index is 0.663. The zero-order chi connectivity index (χ0) is 13.2. The molecule has 0 aliphatic carbocycles. The molecule has 2 aromatic rings. The number of hydrogen-bond donors (Lipinski definition) is 1. The summed E-state index contributed by atoms with van der Waals surface area (Å²) in [5.74, 6) is 0. The van der Waals surface area contributed by atoms with Gasteiger partial charge in [0.2, 0.25) is 0 Å². The highest BCUT2D eigenvalue weighted by Crippen LogP contribution is 2.15. The van der Waals surface area contributed by atoms with Gasteiger partial charge in [-0.25, -0.2) is 4.98 Å². The van der Waals surface area contributed by atoms with Gasteiger partial charge in [0, 0.05) is 31.5 Å². The van der Waals surface area contributed by atoms with Crippen molar-refractivity contribution in [1.29, 1.82) is 0 Å². The Morgan fingerprint density at radius 2 is 2.42 bits per heavy atom. The third-order valence-corrected chi connectivity index (χ3v) is 4.05. The first kappa shape index (κ1) is 12.6. The van der Waals surface area contributed by atoms with Crippen molar-refractivity contribution in [3.05, 3.63) is 35.8 Å². The second-order valence-electron chi connectivity index (χ2n) is 5.36. The van der Waals surface area contributed by atoms with Crippen molar-refractivity contribution in [3.63, 3.8) is 0 Å². The molecule has 0 spiro atoms. The zero-order valence-corrected chi connectivity index (χ0v) is 11.8. The van der Waals surface area contributed by atoms with Gasteiger partial charge in [0.25, 0.3) is 0 Å². The van der Waals surface area contributed by atoms with Gasteiger partial charge in [-0.3, -0.25) is 4.90 Å². The van der Waals surface area contributed by atoms with Crippen molar-refractivity contribution in [2.45, 2.75) is 32.9 Å². The first-order chi connectivity index (χ1) is 9.28. The van der Waals surface area contributed by atoms with Crippen LogP contribution in [0.4, 0.5) is 0 Å². The monoisotopic (exact) mass is 258 g/mol. The van der Waals surface area contributed by atoms with Crippen LogP contribution in [0.2, 0.25) is 0 Å². The number of aromatic nitrogens is 2. The van der Waals surface area contributed by atoms with Crippen molar-refractivity contribution in [3.8, 4) is 0 Å². The summed E-state index contributed by atoms with van der Waals surface area (Å²) in [6.07, 6.45) is 5.49. The molecule has 1 saturated heterocycles. The van der Waals surface area contributed by atoms with E-state index in [0.29, 0.717) is 6.04 Å². The number of nitrogens with zero attached hydrogens (tertiary/aromatic N) is 3. The molecule has 2 aromatic heterocycles. The molecule has 3 rings (SSSR count). The minimum atomic E-state index is 0.663. The van der Waals surface area contributed by atoms with Crippen LogP contribution in [0.1, 0.15) is 24.6 Å². The normalized spacial score (nSPS) is 19.6. The fourth-order valence-electron chi connectivity index (χ4n) is 2.94. The Labute approximate surface area is 114 Å². The topological polar surface area (TPSA) is 32.6 Å². The highest BCUT2D eigenvalue weighted by atomic mass is 15.2. The van der Waals surface area contributed by atoms with Crippen LogP contribution >= 0.6 is 0 Å². The first-order valence-corrected chi connectivity index (χ1v) is 7.16. The average molecular weight is 258 g/mol. The molecular weight excluding hydrogens is 236 g/mol. The van der Waals surface area contributed by atoms with E-state index >= 15 is 0 Å². The maximum Gasteiger partial charge on any atom is 0.139 e. The Morgan fingerprint density at radius 3 is 3.11 bits per heavy atom. The van der Waals surface area contributed by atoms with E-state index in [-0.39, 0.29) is 0 Å². The molecule has 1 fully saturated rings. The summed E-state index contributed by atoms with van der Waals surface area (Å²) in [5, 5.41) is 3.44. The summed E-state index contributed by atoms with van der Waals surface area (Å²) in [6, 6.07) is 4.85. The molecule has 0 aromatic carbocycles. The van der Waals surface area contributed by atoms with E-state index in [9.17, 15) is 0 Å². The molecule has 4 nitrogen and oxygen atoms in total. The van der Waals surface area contributed by atoms with Crippen LogP contribution in [0.3, 0.4) is 0 Å². The number of aryl methyl sites for hydroxylation is 1. The molecule has 19 heavy (non-hydrogen) atoms. The molecule has 0 saturated carbocycles. The number of rotatable bonds is 4. The largest absolute Gasteiger partial charge is 0.315 e. The highest BCUT2D eigenvalue weighted by Gasteiger charge is 2.21. The summed E-state index contributed by atoms with van der Waals surface area (Å²) >= 11 is 0. The molecule has 0 bridgehead atoms. The van der Waals surface area contributed by atoms with Crippen LogP contribution in [0.25, 0.3) is 5.65 Å². The Bertz CT molecular complexity index is 554. The van der Waals surface area contributed by atoms with Crippen molar-refractivity contribution in [2.75, 3.05) is 19.6 Å². The molecule has 1 aliphatic rings. The number of fused-ring (bicyclic) bond motifs is 1. The lowest BCUT2D eigenvalue weighted by Gasteiger charge is -2.25. The minimum Gasteiger partial charge on any atom is -0.315 e. The number of nitrogens with one attached hydrogen (secondary N) is 1. The van der Waals surface area contributed by atoms with Gasteiger partial charge in [0.15, 0.2) is 0 Å². The smallest absolute Gasteiger partial charge is 0.139 e. The Kier molecular flexibility index (Phi) is 3.53. The maximum absolute atomic E-state index is 4.77. The molecule has 4 heteroatoms. The Hall–Kier alpha value is -1.39. The molecular formula is C15H22N4. The third-order valence-electron chi connectivity index (χ3n) is 4.05. The predicted octanol–water partition coefficient (Wildman–Crippen LogP) is 1.83. The number of likely N-dealkylation sites (N-methyl/N-ethyl adjacent to an activating group) is 1. The van der Waals surface area contributed by atoms with Crippen molar-refractivity contribution < 1.29 is 0 Å². The van der Waals surface area contributed by atoms with Gasteiger partial charge in [0.05, 0.1) is 5.69 Å². The lowest BCUT2D eigenvalue weighted by molar-refractivity contribution is 0.208. The summed E-state index contributed by atoms with van der Waals surface area (Å²) in [7, 11) is 0. The fourth-order valence-corrected chi connectivity index (χ4v) is 2.94. The predicted molar refractivity (Wildman–Crippen MR) is 77.3 cm³/mol. The van der Waals surface area contributed by atoms with E-state index in [1.54, 1.807) is 0 Å². The Morgan fingerprint density at radius 1 is 1.53 bits per heavy atom. The molecule has 1 unspecified atom stereocenters. The molecule has 1 atom stereocenters. The lowest BCUT2D eigenvalue weighted by Crippen LogP contribution is -2.36. The van der Waals surface area contributed by atoms with E-state index in [0.717, 1.165) is 31.8 Å². The SMILES string of the molecule is CCN(Cc1cn2cccc(C)c2n1)C1CCNC1. The molecule has 1 aliphatic heterocycles. The maximum atomic E-state index is 4.77. The van der Waals surface area contributed by atoms with Gasteiger partial charge >= 0.3 is 0 Å². The van der Waals surface area contributed by atoms with Crippen molar-refractivity contribution in [2.24, 2.45) is 0 Å². The highest BCUT2D eigenvalue weighted by molar-refractivity contribution is 5.47. The number of pyridine rings is 1. The van der Waals surface area contributed by atoms with Crippen LogP contribution < -0.4 is 5.32 Å². The zero-order valence-electron chi connectivity index (χ0n) is 11.8. The van der Waals surface area contributed by atoms with Crippen molar-refractivity contribution >= 4 is 5.65 Å². The van der Waals surface area contributed by atoms with E-state index in [2.05, 4.69) is 53.0 Å². The molecule has 3 heterocycles. The quantitative estimate of drug-likeness (QED) is 0.908. The number of hydrogen-bond acceptors (Lipinski definition) is 3. The van der Waals surface area contributed by atoms with Gasteiger partial charge in [-0.1, -0.05) is 13.0 Å². The second-order valence-corrected chi connectivity index (χ2v) is 5.36. The standard InChI is InChI=1S/C15H22N4/c1-3-18(14-6-7-16-9-14)10-13-11-19-8-4-5-12(2)15(19)17-13/h4-5,8,11,14,16H,3,6-7,9-10H2,1-2H3. The summed E-state index contributed by atoms with van der Waals surface area (Å²) in [5.41, 5.74) is 3.49. The van der Waals surface area contributed by atoms with Crippen LogP contribution in [0, 0.1) is 6.92 Å². The molecule has 0 radical (unpaired) electrons. The Balaban J connectivity index is 1.81. The first-order valence-electron chi connectivity index (χ1n) is 7.16.